The molecule has 3 atom stereocenters. The van der Waals surface area contributed by atoms with Crippen LogP contribution >= 0.6 is 0 Å². The number of hydrogen-bond donors (Lipinski definition) is 1. The van der Waals surface area contributed by atoms with Crippen LogP contribution in [0, 0.1) is 25.7 Å². The molecule has 0 amide bonds. The summed E-state index contributed by atoms with van der Waals surface area (Å²) in [7, 11) is 0. The highest BCUT2D eigenvalue weighted by Crippen LogP contribution is 2.40. The van der Waals surface area contributed by atoms with Gasteiger partial charge >= 0.3 is 0 Å². The van der Waals surface area contributed by atoms with Gasteiger partial charge in [-0.15, -0.1) is 0 Å². The fraction of sp³-hybridized carbons (Fsp3) is 0.700. The zero-order valence-electron chi connectivity index (χ0n) is 14.4. The Balaban J connectivity index is 2.25. The molecule has 1 aromatic rings. The summed E-state index contributed by atoms with van der Waals surface area (Å²) in [6.45, 7) is 10.3. The molecule has 1 fully saturated rings. The van der Waals surface area contributed by atoms with Crippen molar-refractivity contribution in [3.63, 3.8) is 0 Å². The normalized spacial score (nSPS) is 24.0. The van der Waals surface area contributed by atoms with Crippen molar-refractivity contribution in [2.24, 2.45) is 11.8 Å². The molecule has 21 heavy (non-hydrogen) atoms. The van der Waals surface area contributed by atoms with Crippen LogP contribution in [0.5, 0.6) is 0 Å². The summed E-state index contributed by atoms with van der Waals surface area (Å²) in [6, 6.07) is 7.31. The van der Waals surface area contributed by atoms with Crippen LogP contribution in [0.4, 0.5) is 0 Å². The smallest absolute Gasteiger partial charge is 0.0354 e. The molecule has 1 N–H and O–H groups in total. The van der Waals surface area contributed by atoms with Gasteiger partial charge in [-0.1, -0.05) is 51.3 Å². The molecule has 0 saturated heterocycles. The summed E-state index contributed by atoms with van der Waals surface area (Å²) < 4.78 is 0. The Morgan fingerprint density at radius 3 is 2.48 bits per heavy atom. The van der Waals surface area contributed by atoms with Gasteiger partial charge in [-0.25, -0.2) is 0 Å². The molecule has 1 aromatic carbocycles. The Morgan fingerprint density at radius 1 is 1.14 bits per heavy atom. The van der Waals surface area contributed by atoms with Crippen LogP contribution in [0.25, 0.3) is 0 Å². The molecule has 0 heterocycles. The molecule has 0 spiro atoms. The first-order valence-electron chi connectivity index (χ1n) is 8.96. The predicted octanol–water partition coefficient (Wildman–Crippen LogP) is 5.56. The molecule has 1 aliphatic carbocycles. The predicted molar refractivity (Wildman–Crippen MR) is 92.7 cm³/mol. The minimum atomic E-state index is 0.556. The van der Waals surface area contributed by atoms with E-state index in [2.05, 4.69) is 51.2 Å². The van der Waals surface area contributed by atoms with Gasteiger partial charge in [0, 0.05) is 6.04 Å². The van der Waals surface area contributed by atoms with Crippen LogP contribution in [0.15, 0.2) is 18.2 Å². The second kappa shape index (κ2) is 7.98. The molecule has 1 saturated carbocycles. The monoisotopic (exact) mass is 287 g/mol. The first-order valence-corrected chi connectivity index (χ1v) is 8.96. The third kappa shape index (κ3) is 4.10. The van der Waals surface area contributed by atoms with Crippen molar-refractivity contribution in [3.8, 4) is 0 Å². The van der Waals surface area contributed by atoms with Crippen molar-refractivity contribution in [3.05, 3.63) is 34.9 Å². The van der Waals surface area contributed by atoms with Crippen LogP contribution in [-0.4, -0.2) is 6.54 Å². The Labute approximate surface area is 131 Å². The zero-order valence-corrected chi connectivity index (χ0v) is 14.4. The summed E-state index contributed by atoms with van der Waals surface area (Å²) in [5.74, 6) is 1.76. The number of benzene rings is 1. The molecule has 2 rings (SSSR count). The highest BCUT2D eigenvalue weighted by molar-refractivity contribution is 5.36. The fourth-order valence-electron chi connectivity index (χ4n) is 4.13. The van der Waals surface area contributed by atoms with Crippen molar-refractivity contribution < 1.29 is 0 Å². The van der Waals surface area contributed by atoms with Crippen LogP contribution in [-0.2, 0) is 0 Å². The van der Waals surface area contributed by atoms with Gasteiger partial charge in [0.2, 0.25) is 0 Å². The van der Waals surface area contributed by atoms with E-state index in [1.165, 1.54) is 49.7 Å². The number of nitrogens with one attached hydrogen (secondary N) is 1. The second-order valence-corrected chi connectivity index (χ2v) is 6.94. The summed E-state index contributed by atoms with van der Waals surface area (Å²) in [5, 5.41) is 3.88. The van der Waals surface area contributed by atoms with E-state index in [1.807, 2.05) is 0 Å². The topological polar surface area (TPSA) is 12.0 Å². The summed E-state index contributed by atoms with van der Waals surface area (Å²) in [4.78, 5) is 0. The lowest BCUT2D eigenvalue weighted by molar-refractivity contribution is 0.208. The van der Waals surface area contributed by atoms with Crippen LogP contribution in [0.2, 0.25) is 0 Å². The first kappa shape index (κ1) is 16.5. The molecule has 3 unspecified atom stereocenters. The maximum absolute atomic E-state index is 3.88. The lowest BCUT2D eigenvalue weighted by Crippen LogP contribution is -2.33. The molecular weight excluding hydrogens is 254 g/mol. The highest BCUT2D eigenvalue weighted by Gasteiger charge is 2.29. The van der Waals surface area contributed by atoms with E-state index in [-0.39, 0.29) is 0 Å². The maximum atomic E-state index is 3.88. The number of aryl methyl sites for hydroxylation is 2. The first-order chi connectivity index (χ1) is 10.2. The second-order valence-electron chi connectivity index (χ2n) is 6.94. The molecule has 1 heteroatoms. The van der Waals surface area contributed by atoms with Crippen LogP contribution < -0.4 is 5.32 Å². The fourth-order valence-corrected chi connectivity index (χ4v) is 4.13. The van der Waals surface area contributed by atoms with E-state index < -0.39 is 0 Å². The van der Waals surface area contributed by atoms with Crippen molar-refractivity contribution in [2.45, 2.75) is 72.3 Å². The van der Waals surface area contributed by atoms with E-state index in [4.69, 9.17) is 0 Å². The molecule has 0 aromatic heterocycles. The quantitative estimate of drug-likeness (QED) is 0.722. The summed E-state index contributed by atoms with van der Waals surface area (Å²) in [5.41, 5.74) is 4.50. The van der Waals surface area contributed by atoms with Gasteiger partial charge < -0.3 is 5.32 Å². The lowest BCUT2D eigenvalue weighted by Gasteiger charge is -2.36. The number of hydrogen-bond acceptors (Lipinski definition) is 1. The maximum Gasteiger partial charge on any atom is 0.0354 e. The largest absolute Gasteiger partial charge is 0.310 e. The van der Waals surface area contributed by atoms with Crippen molar-refractivity contribution in [1.29, 1.82) is 0 Å². The highest BCUT2D eigenvalue weighted by atomic mass is 14.9. The van der Waals surface area contributed by atoms with Gasteiger partial charge in [-0.05, 0) is 68.2 Å². The molecule has 1 aliphatic rings. The SMILES string of the molecule is CCCNC(c1c(C)cccc1C)C1CCCC(CC)C1. The molecule has 118 valence electrons. The third-order valence-corrected chi connectivity index (χ3v) is 5.34. The van der Waals surface area contributed by atoms with E-state index in [1.54, 1.807) is 5.56 Å². The van der Waals surface area contributed by atoms with Crippen molar-refractivity contribution in [2.75, 3.05) is 6.54 Å². The summed E-state index contributed by atoms with van der Waals surface area (Å²) >= 11 is 0. The van der Waals surface area contributed by atoms with Gasteiger partial charge in [0.1, 0.15) is 0 Å². The van der Waals surface area contributed by atoms with Crippen LogP contribution in [0.1, 0.15) is 75.1 Å². The Bertz CT molecular complexity index is 417. The number of rotatable bonds is 6. The van der Waals surface area contributed by atoms with Gasteiger partial charge in [0.15, 0.2) is 0 Å². The molecule has 0 aliphatic heterocycles. The van der Waals surface area contributed by atoms with Crippen LogP contribution in [0.3, 0.4) is 0 Å². The van der Waals surface area contributed by atoms with E-state index >= 15 is 0 Å². The summed E-state index contributed by atoms with van der Waals surface area (Å²) in [6.07, 6.45) is 8.23. The van der Waals surface area contributed by atoms with Gasteiger partial charge in [0.25, 0.3) is 0 Å². The van der Waals surface area contributed by atoms with Crippen molar-refractivity contribution in [1.82, 2.24) is 5.32 Å². The van der Waals surface area contributed by atoms with Gasteiger partial charge in [0.05, 0.1) is 0 Å². The van der Waals surface area contributed by atoms with E-state index in [0.717, 1.165) is 18.4 Å². The lowest BCUT2D eigenvalue weighted by atomic mass is 9.74. The molecule has 0 bridgehead atoms. The Hall–Kier alpha value is -0.820. The zero-order chi connectivity index (χ0) is 15.2. The standard InChI is InChI=1S/C20H33N/c1-5-13-21-20(18-12-8-11-17(6-2)14-18)19-15(3)9-7-10-16(19)4/h7,9-10,17-18,20-21H,5-6,8,11-14H2,1-4H3. The average Bonchev–Trinajstić information content (AvgIpc) is 2.50. The minimum absolute atomic E-state index is 0.556. The van der Waals surface area contributed by atoms with Gasteiger partial charge in [-0.3, -0.25) is 0 Å². The van der Waals surface area contributed by atoms with E-state index in [0.29, 0.717) is 6.04 Å². The Kier molecular flexibility index (Phi) is 6.29. The molecule has 0 radical (unpaired) electrons. The van der Waals surface area contributed by atoms with E-state index in [9.17, 15) is 0 Å². The van der Waals surface area contributed by atoms with Crippen molar-refractivity contribution >= 4 is 0 Å². The molecule has 1 nitrogen and oxygen atoms in total. The van der Waals surface area contributed by atoms with Gasteiger partial charge in [-0.2, -0.15) is 0 Å². The average molecular weight is 287 g/mol. The Morgan fingerprint density at radius 2 is 1.86 bits per heavy atom. The minimum Gasteiger partial charge on any atom is -0.310 e. The third-order valence-electron chi connectivity index (χ3n) is 5.34. The molecular formula is C20H33N.